The summed E-state index contributed by atoms with van der Waals surface area (Å²) in [6.07, 6.45) is 0. The van der Waals surface area contributed by atoms with Gasteiger partial charge in [-0.2, -0.15) is 0 Å². The van der Waals surface area contributed by atoms with Crippen LogP contribution >= 0.6 is 0 Å². The zero-order valence-corrected chi connectivity index (χ0v) is 17.7. The Bertz CT molecular complexity index is 1090. The van der Waals surface area contributed by atoms with Gasteiger partial charge in [-0.25, -0.2) is 9.18 Å². The molecule has 3 aromatic rings. The lowest BCUT2D eigenvalue weighted by atomic mass is 9.95. The third-order valence-electron chi connectivity index (χ3n) is 4.77. The van der Waals surface area contributed by atoms with Gasteiger partial charge in [0.15, 0.2) is 0 Å². The van der Waals surface area contributed by atoms with Gasteiger partial charge in [0.2, 0.25) is 0 Å². The van der Waals surface area contributed by atoms with Crippen LogP contribution in [0.5, 0.6) is 5.75 Å². The van der Waals surface area contributed by atoms with E-state index in [4.69, 9.17) is 14.6 Å². The lowest BCUT2D eigenvalue weighted by Crippen LogP contribution is -2.06. The molecule has 3 rings (SSSR count). The van der Waals surface area contributed by atoms with Crippen LogP contribution in [0.3, 0.4) is 0 Å². The zero-order valence-electron chi connectivity index (χ0n) is 17.7. The summed E-state index contributed by atoms with van der Waals surface area (Å²) in [6, 6.07) is 17.9. The Morgan fingerprint density at radius 1 is 1.00 bits per heavy atom. The largest absolute Gasteiger partial charge is 0.491 e. The van der Waals surface area contributed by atoms with Gasteiger partial charge in [-0.15, -0.1) is 0 Å². The molecule has 0 fully saturated rings. The predicted octanol–water partition coefficient (Wildman–Crippen LogP) is 5.46. The molecule has 0 atom stereocenters. The number of carbonyl (C=O) groups excluding carboxylic acids is 1. The molecular formula is C26H25FO4. The number of benzene rings is 3. The van der Waals surface area contributed by atoms with E-state index in [2.05, 4.69) is 6.58 Å². The van der Waals surface area contributed by atoms with Gasteiger partial charge < -0.3 is 14.6 Å². The number of hydrogen-bond acceptors (Lipinski definition) is 4. The minimum absolute atomic E-state index is 0.0642. The summed E-state index contributed by atoms with van der Waals surface area (Å²) in [5, 5.41) is 8.83. The number of rotatable bonds is 8. The first-order valence-electron chi connectivity index (χ1n) is 9.95. The fourth-order valence-corrected chi connectivity index (χ4v) is 3.20. The number of aliphatic hydroxyl groups is 1. The molecule has 0 bridgehead atoms. The van der Waals surface area contributed by atoms with Crippen LogP contribution in [0.15, 0.2) is 72.8 Å². The van der Waals surface area contributed by atoms with Gasteiger partial charge in [0.1, 0.15) is 24.8 Å². The first-order chi connectivity index (χ1) is 14.9. The minimum atomic E-state index is -0.458. The summed E-state index contributed by atoms with van der Waals surface area (Å²) in [5.41, 5.74) is 4.85. The quantitative estimate of drug-likeness (QED) is 0.388. The molecule has 0 amide bonds. The monoisotopic (exact) mass is 420 g/mol. The van der Waals surface area contributed by atoms with Crippen molar-refractivity contribution in [3.63, 3.8) is 0 Å². The molecular weight excluding hydrogens is 395 g/mol. The molecule has 3 aromatic carbocycles. The van der Waals surface area contributed by atoms with Gasteiger partial charge >= 0.3 is 5.97 Å². The van der Waals surface area contributed by atoms with E-state index < -0.39 is 5.97 Å². The van der Waals surface area contributed by atoms with Crippen LogP contribution in [-0.2, 0) is 16.1 Å². The fourth-order valence-electron chi connectivity index (χ4n) is 3.20. The summed E-state index contributed by atoms with van der Waals surface area (Å²) < 4.78 is 25.6. The molecule has 31 heavy (non-hydrogen) atoms. The van der Waals surface area contributed by atoms with Crippen LogP contribution in [0.4, 0.5) is 4.39 Å². The van der Waals surface area contributed by atoms with Gasteiger partial charge in [0, 0.05) is 11.1 Å². The van der Waals surface area contributed by atoms with E-state index in [1.807, 2.05) is 31.2 Å². The maximum absolute atomic E-state index is 15.0. The summed E-state index contributed by atoms with van der Waals surface area (Å²) in [4.78, 5) is 11.8. The SMILES string of the molecule is C=C(C)C(=O)OCc1cc(C)ccc1-c1ccc(-c2ccc(OCCO)cc2)c(F)c1. The molecule has 160 valence electrons. The molecule has 0 saturated heterocycles. The molecule has 0 unspecified atom stereocenters. The zero-order chi connectivity index (χ0) is 22.4. The number of halogens is 1. The first-order valence-corrected chi connectivity index (χ1v) is 9.95. The van der Waals surface area contributed by atoms with E-state index in [0.717, 1.165) is 22.3 Å². The highest BCUT2D eigenvalue weighted by molar-refractivity contribution is 5.87. The van der Waals surface area contributed by atoms with Crippen molar-refractivity contribution in [2.45, 2.75) is 20.5 Å². The molecule has 1 N–H and O–H groups in total. The van der Waals surface area contributed by atoms with Crippen LogP contribution in [0.1, 0.15) is 18.1 Å². The number of carbonyl (C=O) groups is 1. The first kappa shape index (κ1) is 22.2. The molecule has 0 aliphatic heterocycles. The molecule has 0 heterocycles. The van der Waals surface area contributed by atoms with Gasteiger partial charge in [-0.1, -0.05) is 54.6 Å². The predicted molar refractivity (Wildman–Crippen MR) is 119 cm³/mol. The van der Waals surface area contributed by atoms with Gasteiger partial charge in [0.05, 0.1) is 6.61 Å². The van der Waals surface area contributed by atoms with Crippen molar-refractivity contribution in [2.24, 2.45) is 0 Å². The van der Waals surface area contributed by atoms with E-state index in [1.54, 1.807) is 37.3 Å². The second-order valence-electron chi connectivity index (χ2n) is 7.31. The molecule has 0 aromatic heterocycles. The fraction of sp³-hybridized carbons (Fsp3) is 0.192. The van der Waals surface area contributed by atoms with Crippen molar-refractivity contribution >= 4 is 5.97 Å². The number of aryl methyl sites for hydroxylation is 1. The maximum Gasteiger partial charge on any atom is 0.333 e. The Hall–Kier alpha value is -3.44. The Morgan fingerprint density at radius 3 is 2.32 bits per heavy atom. The highest BCUT2D eigenvalue weighted by Gasteiger charge is 2.13. The van der Waals surface area contributed by atoms with Crippen molar-refractivity contribution in [1.29, 1.82) is 0 Å². The Labute approximate surface area is 181 Å². The molecule has 0 saturated carbocycles. The van der Waals surface area contributed by atoms with Crippen molar-refractivity contribution in [2.75, 3.05) is 13.2 Å². The summed E-state index contributed by atoms with van der Waals surface area (Å²) in [5.74, 6) is -0.198. The average molecular weight is 420 g/mol. The number of aliphatic hydroxyl groups excluding tert-OH is 1. The van der Waals surface area contributed by atoms with E-state index in [-0.39, 0.29) is 25.6 Å². The van der Waals surface area contributed by atoms with Crippen molar-refractivity contribution in [3.05, 3.63) is 89.8 Å². The molecule has 0 spiro atoms. The van der Waals surface area contributed by atoms with Crippen LogP contribution in [0.2, 0.25) is 0 Å². The Morgan fingerprint density at radius 2 is 1.68 bits per heavy atom. The van der Waals surface area contributed by atoms with E-state index >= 15 is 0 Å². The highest BCUT2D eigenvalue weighted by Crippen LogP contribution is 2.31. The number of ether oxygens (including phenoxy) is 2. The van der Waals surface area contributed by atoms with E-state index in [1.165, 1.54) is 6.07 Å². The van der Waals surface area contributed by atoms with Gasteiger partial charge in [-0.05, 0) is 54.3 Å². The maximum atomic E-state index is 15.0. The summed E-state index contributed by atoms with van der Waals surface area (Å²) >= 11 is 0. The van der Waals surface area contributed by atoms with Crippen molar-refractivity contribution in [3.8, 4) is 28.0 Å². The number of hydrogen-bond donors (Lipinski definition) is 1. The van der Waals surface area contributed by atoms with Gasteiger partial charge in [0.25, 0.3) is 0 Å². The Kier molecular flexibility index (Phi) is 7.21. The summed E-state index contributed by atoms with van der Waals surface area (Å²) in [7, 11) is 0. The second kappa shape index (κ2) is 10.0. The van der Waals surface area contributed by atoms with Crippen molar-refractivity contribution in [1.82, 2.24) is 0 Å². The van der Waals surface area contributed by atoms with E-state index in [0.29, 0.717) is 22.4 Å². The van der Waals surface area contributed by atoms with Crippen LogP contribution < -0.4 is 4.74 Å². The number of esters is 1. The molecule has 4 nitrogen and oxygen atoms in total. The third-order valence-corrected chi connectivity index (χ3v) is 4.77. The lowest BCUT2D eigenvalue weighted by Gasteiger charge is -2.13. The van der Waals surface area contributed by atoms with Crippen LogP contribution in [-0.4, -0.2) is 24.3 Å². The topological polar surface area (TPSA) is 55.8 Å². The molecule has 0 aliphatic rings. The smallest absolute Gasteiger partial charge is 0.333 e. The van der Waals surface area contributed by atoms with Crippen molar-refractivity contribution < 1.29 is 23.8 Å². The average Bonchev–Trinajstić information content (AvgIpc) is 2.76. The minimum Gasteiger partial charge on any atom is -0.491 e. The summed E-state index contributed by atoms with van der Waals surface area (Å²) in [6.45, 7) is 7.37. The van der Waals surface area contributed by atoms with Crippen LogP contribution in [0, 0.1) is 12.7 Å². The standard InChI is InChI=1S/C26H25FO4/c1-17(2)26(29)31-16-21-14-18(3)4-10-23(21)20-7-11-24(25(27)15-20)19-5-8-22(9-6-19)30-13-12-28/h4-11,14-15,28H,1,12-13,16H2,2-3H3. The molecule has 0 radical (unpaired) electrons. The van der Waals surface area contributed by atoms with E-state index in [9.17, 15) is 9.18 Å². The lowest BCUT2D eigenvalue weighted by molar-refractivity contribution is -0.140. The van der Waals surface area contributed by atoms with Gasteiger partial charge in [-0.3, -0.25) is 0 Å². The Balaban J connectivity index is 1.87. The normalized spacial score (nSPS) is 10.6. The van der Waals surface area contributed by atoms with Crippen LogP contribution in [0.25, 0.3) is 22.3 Å². The molecule has 0 aliphatic carbocycles. The molecule has 5 heteroatoms. The highest BCUT2D eigenvalue weighted by atomic mass is 19.1. The third kappa shape index (κ3) is 5.58. The second-order valence-corrected chi connectivity index (χ2v) is 7.31.